The third-order valence-corrected chi connectivity index (χ3v) is 4.29. The molecule has 1 unspecified atom stereocenters. The quantitative estimate of drug-likeness (QED) is 0.939. The average Bonchev–Trinajstić information content (AvgIpc) is 3.19. The fourth-order valence-corrected chi connectivity index (χ4v) is 3.16. The Labute approximate surface area is 123 Å². The van der Waals surface area contributed by atoms with Crippen LogP contribution in [0.15, 0.2) is 22.7 Å². The summed E-state index contributed by atoms with van der Waals surface area (Å²) < 4.78 is 10.9. The zero-order valence-corrected chi connectivity index (χ0v) is 12.0. The molecule has 3 heterocycles. The van der Waals surface area contributed by atoms with Crippen LogP contribution >= 0.6 is 0 Å². The standard InChI is InChI=1S/C16H19N3O2/c1-3-13(12-4-2-7-17-14(12)5-1)16-18-15(19-21-16)9-11-6-8-20-10-11/h1,3,5,11,17H,2,4,6-10H2. The first-order chi connectivity index (χ1) is 10.4. The molecule has 2 aliphatic heterocycles. The van der Waals surface area contributed by atoms with E-state index >= 15 is 0 Å². The van der Waals surface area contributed by atoms with Gasteiger partial charge in [0.25, 0.3) is 5.89 Å². The van der Waals surface area contributed by atoms with E-state index in [0.717, 1.165) is 56.8 Å². The second kappa shape index (κ2) is 5.48. The zero-order chi connectivity index (χ0) is 14.1. The van der Waals surface area contributed by atoms with Crippen molar-refractivity contribution in [1.29, 1.82) is 0 Å². The van der Waals surface area contributed by atoms with Gasteiger partial charge in [0.2, 0.25) is 0 Å². The van der Waals surface area contributed by atoms with Crippen LogP contribution in [0.2, 0.25) is 0 Å². The number of hydrogen-bond acceptors (Lipinski definition) is 5. The molecule has 1 atom stereocenters. The van der Waals surface area contributed by atoms with Crippen LogP contribution in [-0.2, 0) is 17.6 Å². The lowest BCUT2D eigenvalue weighted by Crippen LogP contribution is -2.12. The summed E-state index contributed by atoms with van der Waals surface area (Å²) in [6, 6.07) is 6.23. The van der Waals surface area contributed by atoms with Crippen molar-refractivity contribution in [2.24, 2.45) is 5.92 Å². The third kappa shape index (κ3) is 2.53. The van der Waals surface area contributed by atoms with Crippen LogP contribution in [0.4, 0.5) is 5.69 Å². The van der Waals surface area contributed by atoms with Crippen LogP contribution in [0.1, 0.15) is 24.2 Å². The minimum atomic E-state index is 0.529. The van der Waals surface area contributed by atoms with Gasteiger partial charge in [-0.1, -0.05) is 11.2 Å². The minimum absolute atomic E-state index is 0.529. The third-order valence-electron chi connectivity index (χ3n) is 4.29. The predicted octanol–water partition coefficient (Wildman–Crippen LogP) is 2.67. The molecule has 1 aromatic heterocycles. The van der Waals surface area contributed by atoms with Crippen LogP contribution < -0.4 is 5.32 Å². The molecule has 1 N–H and O–H groups in total. The molecule has 110 valence electrons. The molecule has 5 heteroatoms. The number of nitrogens with zero attached hydrogens (tertiary/aromatic N) is 2. The summed E-state index contributed by atoms with van der Waals surface area (Å²) in [7, 11) is 0. The van der Waals surface area contributed by atoms with E-state index < -0.39 is 0 Å². The fourth-order valence-electron chi connectivity index (χ4n) is 3.16. The van der Waals surface area contributed by atoms with Gasteiger partial charge in [-0.25, -0.2) is 0 Å². The molecular formula is C16H19N3O2. The van der Waals surface area contributed by atoms with Crippen molar-refractivity contribution in [3.05, 3.63) is 29.6 Å². The molecule has 0 bridgehead atoms. The van der Waals surface area contributed by atoms with Gasteiger partial charge in [0.15, 0.2) is 5.82 Å². The Balaban J connectivity index is 1.60. The first-order valence-corrected chi connectivity index (χ1v) is 7.66. The second-order valence-electron chi connectivity index (χ2n) is 5.81. The van der Waals surface area contributed by atoms with Crippen LogP contribution in [-0.4, -0.2) is 29.9 Å². The van der Waals surface area contributed by atoms with E-state index in [2.05, 4.69) is 27.6 Å². The van der Waals surface area contributed by atoms with Gasteiger partial charge in [0.05, 0.1) is 0 Å². The number of rotatable bonds is 3. The molecule has 2 aliphatic rings. The topological polar surface area (TPSA) is 60.2 Å². The Kier molecular flexibility index (Phi) is 3.35. The zero-order valence-electron chi connectivity index (χ0n) is 12.0. The Morgan fingerprint density at radius 3 is 3.24 bits per heavy atom. The molecule has 5 nitrogen and oxygen atoms in total. The highest BCUT2D eigenvalue weighted by Gasteiger charge is 2.21. The number of nitrogens with one attached hydrogen (secondary N) is 1. The van der Waals surface area contributed by atoms with Crippen molar-refractivity contribution in [3.8, 4) is 11.5 Å². The van der Waals surface area contributed by atoms with Gasteiger partial charge in [-0.3, -0.25) is 0 Å². The van der Waals surface area contributed by atoms with Crippen molar-refractivity contribution in [3.63, 3.8) is 0 Å². The average molecular weight is 285 g/mol. The van der Waals surface area contributed by atoms with Crippen molar-refractivity contribution in [2.45, 2.75) is 25.7 Å². The lowest BCUT2D eigenvalue weighted by molar-refractivity contribution is 0.185. The number of anilines is 1. The molecule has 4 rings (SSSR count). The molecule has 2 aromatic rings. The Morgan fingerprint density at radius 1 is 1.33 bits per heavy atom. The van der Waals surface area contributed by atoms with Gasteiger partial charge in [-0.05, 0) is 42.9 Å². The number of aromatic nitrogens is 2. The maximum Gasteiger partial charge on any atom is 0.258 e. The van der Waals surface area contributed by atoms with Crippen LogP contribution in [0.5, 0.6) is 0 Å². The molecule has 1 saturated heterocycles. The van der Waals surface area contributed by atoms with Crippen molar-refractivity contribution in [2.75, 3.05) is 25.1 Å². The van der Waals surface area contributed by atoms with Crippen molar-refractivity contribution < 1.29 is 9.26 Å². The summed E-state index contributed by atoms with van der Waals surface area (Å²) in [5.41, 5.74) is 3.56. The van der Waals surface area contributed by atoms with E-state index in [1.54, 1.807) is 0 Å². The molecule has 0 spiro atoms. The first-order valence-electron chi connectivity index (χ1n) is 7.66. The Morgan fingerprint density at radius 2 is 2.33 bits per heavy atom. The fraction of sp³-hybridized carbons (Fsp3) is 0.500. The molecule has 1 fully saturated rings. The van der Waals surface area contributed by atoms with Crippen molar-refractivity contribution in [1.82, 2.24) is 10.1 Å². The Hall–Kier alpha value is -1.88. The summed E-state index contributed by atoms with van der Waals surface area (Å²) in [6.07, 6.45) is 4.14. The van der Waals surface area contributed by atoms with E-state index in [1.807, 2.05) is 6.07 Å². The van der Waals surface area contributed by atoms with E-state index in [0.29, 0.717) is 11.8 Å². The van der Waals surface area contributed by atoms with Crippen LogP contribution in [0.3, 0.4) is 0 Å². The number of fused-ring (bicyclic) bond motifs is 1. The van der Waals surface area contributed by atoms with E-state index in [1.165, 1.54) is 11.3 Å². The molecule has 1 aromatic carbocycles. The monoisotopic (exact) mass is 285 g/mol. The molecular weight excluding hydrogens is 266 g/mol. The maximum atomic E-state index is 5.50. The SMILES string of the molecule is c1cc2c(c(-c3nc(CC4CCOC4)no3)c1)CCCN2. The van der Waals surface area contributed by atoms with Gasteiger partial charge >= 0.3 is 0 Å². The summed E-state index contributed by atoms with van der Waals surface area (Å²) in [4.78, 5) is 4.59. The van der Waals surface area contributed by atoms with E-state index in [9.17, 15) is 0 Å². The molecule has 0 saturated carbocycles. The van der Waals surface area contributed by atoms with Gasteiger partial charge in [-0.2, -0.15) is 4.98 Å². The number of benzene rings is 1. The lowest BCUT2D eigenvalue weighted by Gasteiger charge is -2.19. The van der Waals surface area contributed by atoms with Gasteiger partial charge in [0, 0.05) is 37.4 Å². The highest BCUT2D eigenvalue weighted by Crippen LogP contribution is 2.31. The normalized spacial score (nSPS) is 21.0. The summed E-state index contributed by atoms with van der Waals surface area (Å²) in [5, 5.41) is 7.57. The minimum Gasteiger partial charge on any atom is -0.385 e. The Bertz CT molecular complexity index is 632. The molecule has 0 amide bonds. The number of ether oxygens (including phenoxy) is 1. The number of hydrogen-bond donors (Lipinski definition) is 1. The second-order valence-corrected chi connectivity index (χ2v) is 5.81. The summed E-state index contributed by atoms with van der Waals surface area (Å²) in [6.45, 7) is 2.70. The van der Waals surface area contributed by atoms with Crippen molar-refractivity contribution >= 4 is 5.69 Å². The molecule has 21 heavy (non-hydrogen) atoms. The highest BCUT2D eigenvalue weighted by molar-refractivity contribution is 5.69. The predicted molar refractivity (Wildman–Crippen MR) is 79.2 cm³/mol. The highest BCUT2D eigenvalue weighted by atomic mass is 16.5. The van der Waals surface area contributed by atoms with Gasteiger partial charge in [0.1, 0.15) is 0 Å². The van der Waals surface area contributed by atoms with Gasteiger partial charge in [-0.15, -0.1) is 0 Å². The largest absolute Gasteiger partial charge is 0.385 e. The lowest BCUT2D eigenvalue weighted by atomic mass is 9.97. The molecule has 0 aliphatic carbocycles. The first kappa shape index (κ1) is 12.8. The van der Waals surface area contributed by atoms with E-state index in [-0.39, 0.29) is 0 Å². The smallest absolute Gasteiger partial charge is 0.258 e. The van der Waals surface area contributed by atoms with Crippen LogP contribution in [0.25, 0.3) is 11.5 Å². The van der Waals surface area contributed by atoms with Gasteiger partial charge < -0.3 is 14.6 Å². The van der Waals surface area contributed by atoms with E-state index in [4.69, 9.17) is 9.26 Å². The van der Waals surface area contributed by atoms with Crippen LogP contribution in [0, 0.1) is 5.92 Å². The molecule has 0 radical (unpaired) electrons. The summed E-state index contributed by atoms with van der Waals surface area (Å²) in [5.74, 6) is 1.97. The summed E-state index contributed by atoms with van der Waals surface area (Å²) >= 11 is 0. The maximum absolute atomic E-state index is 5.50.